The highest BCUT2D eigenvalue weighted by Gasteiger charge is 1.72. The normalized spacial score (nSPS) is 9.62. The Morgan fingerprint density at radius 1 is 1.62 bits per heavy atom. The fourth-order valence-electron chi connectivity index (χ4n) is 0.298. The summed E-state index contributed by atoms with van der Waals surface area (Å²) in [4.78, 5) is 4.40. The average molecular weight is 112 g/mol. The third-order valence-corrected chi connectivity index (χ3v) is 0.642. The molecule has 2 heteroatoms. The molecule has 0 rings (SSSR count). The van der Waals surface area contributed by atoms with Crippen molar-refractivity contribution in [2.24, 2.45) is 5.16 Å². The average Bonchev–Trinajstić information content (AvgIpc) is 1.81. The Labute approximate surface area is 49.8 Å². The van der Waals surface area contributed by atoms with Crippen LogP contribution >= 0.6 is 0 Å². The van der Waals surface area contributed by atoms with Crippen molar-refractivity contribution in [2.45, 2.75) is 12.8 Å². The lowest BCUT2D eigenvalue weighted by atomic mass is 10.3. The highest BCUT2D eigenvalue weighted by atomic mass is 16.6. The monoisotopic (exact) mass is 112 g/mol. The fraction of sp³-hybridized carbons (Fsp3) is 0.500. The Kier molecular flexibility index (Phi) is 5.60. The topological polar surface area (TPSA) is 21.6 Å². The Balaban J connectivity index is 2.90. The first-order chi connectivity index (χ1) is 3.91. The maximum atomic E-state index is 5.08. The van der Waals surface area contributed by atoms with Crippen LogP contribution in [0.4, 0.5) is 0 Å². The standard InChI is InChI=1S/C6H10NO/c1-3-4-5-6-7-8-2/h1,3,6H,4-5H2,2H3. The second-order valence-electron chi connectivity index (χ2n) is 1.28. The van der Waals surface area contributed by atoms with Gasteiger partial charge >= 0.3 is 0 Å². The Hall–Kier alpha value is -0.790. The quantitative estimate of drug-likeness (QED) is 0.306. The van der Waals surface area contributed by atoms with Crippen molar-refractivity contribution in [3.63, 3.8) is 0 Å². The molecule has 0 spiro atoms. The lowest BCUT2D eigenvalue weighted by molar-refractivity contribution is 0.214. The molecule has 0 amide bonds. The van der Waals surface area contributed by atoms with Crippen LogP contribution in [0.25, 0.3) is 0 Å². The van der Waals surface area contributed by atoms with Crippen molar-refractivity contribution >= 4 is 6.21 Å². The molecule has 0 aromatic rings. The molecule has 8 heavy (non-hydrogen) atoms. The molecule has 0 N–H and O–H groups in total. The molecule has 0 aliphatic rings. The van der Waals surface area contributed by atoms with Crippen LogP contribution in [0.1, 0.15) is 12.8 Å². The molecule has 0 aliphatic carbocycles. The van der Waals surface area contributed by atoms with Gasteiger partial charge in [-0.1, -0.05) is 17.8 Å². The zero-order valence-electron chi connectivity index (χ0n) is 5.00. The number of oxime groups is 1. The lowest BCUT2D eigenvalue weighted by Crippen LogP contribution is -1.73. The van der Waals surface area contributed by atoms with Crippen LogP contribution in [-0.4, -0.2) is 13.3 Å². The number of allylic oxidation sites excluding steroid dienone is 1. The SMILES string of the molecule is [CH]=CCCC=NOC. The van der Waals surface area contributed by atoms with Crippen molar-refractivity contribution in [3.05, 3.63) is 12.7 Å². The van der Waals surface area contributed by atoms with E-state index in [1.807, 2.05) is 0 Å². The van der Waals surface area contributed by atoms with Gasteiger partial charge in [0.1, 0.15) is 7.11 Å². The minimum absolute atomic E-state index is 0.852. The van der Waals surface area contributed by atoms with Gasteiger partial charge in [0.2, 0.25) is 0 Å². The molecule has 0 aliphatic heterocycles. The number of unbranched alkanes of at least 4 members (excludes halogenated alkanes) is 1. The molecule has 0 aromatic heterocycles. The molecule has 0 fully saturated rings. The maximum absolute atomic E-state index is 5.08. The number of hydrogen-bond acceptors (Lipinski definition) is 2. The number of rotatable bonds is 4. The van der Waals surface area contributed by atoms with Crippen LogP contribution in [0.15, 0.2) is 11.2 Å². The van der Waals surface area contributed by atoms with E-state index in [9.17, 15) is 0 Å². The van der Waals surface area contributed by atoms with Crippen LogP contribution in [0, 0.1) is 6.58 Å². The summed E-state index contributed by atoms with van der Waals surface area (Å²) >= 11 is 0. The Bertz CT molecular complexity index is 78.6. The van der Waals surface area contributed by atoms with Gasteiger partial charge < -0.3 is 4.84 Å². The van der Waals surface area contributed by atoms with Gasteiger partial charge in [-0.15, -0.1) is 0 Å². The van der Waals surface area contributed by atoms with Crippen molar-refractivity contribution in [1.82, 2.24) is 0 Å². The first-order valence-electron chi connectivity index (χ1n) is 2.50. The highest BCUT2D eigenvalue weighted by molar-refractivity contribution is 5.56. The second kappa shape index (κ2) is 6.21. The molecule has 0 saturated heterocycles. The number of nitrogens with zero attached hydrogens (tertiary/aromatic N) is 1. The Morgan fingerprint density at radius 2 is 2.38 bits per heavy atom. The smallest absolute Gasteiger partial charge is 0.106 e. The second-order valence-corrected chi connectivity index (χ2v) is 1.28. The van der Waals surface area contributed by atoms with Crippen LogP contribution in [0.2, 0.25) is 0 Å². The van der Waals surface area contributed by atoms with E-state index < -0.39 is 0 Å². The zero-order chi connectivity index (χ0) is 6.24. The molecule has 45 valence electrons. The Morgan fingerprint density at radius 3 is 2.88 bits per heavy atom. The van der Waals surface area contributed by atoms with Crippen LogP contribution in [0.3, 0.4) is 0 Å². The first-order valence-corrected chi connectivity index (χ1v) is 2.50. The van der Waals surface area contributed by atoms with Gasteiger partial charge in [0.15, 0.2) is 0 Å². The maximum Gasteiger partial charge on any atom is 0.106 e. The summed E-state index contributed by atoms with van der Waals surface area (Å²) < 4.78 is 0. The zero-order valence-corrected chi connectivity index (χ0v) is 5.00. The predicted octanol–water partition coefficient (Wildman–Crippen LogP) is 1.39. The number of hydrogen-bond donors (Lipinski definition) is 0. The minimum atomic E-state index is 0.852. The summed E-state index contributed by atoms with van der Waals surface area (Å²) in [6.07, 6.45) is 4.99. The molecule has 0 unspecified atom stereocenters. The van der Waals surface area contributed by atoms with Gasteiger partial charge in [-0.25, -0.2) is 0 Å². The van der Waals surface area contributed by atoms with E-state index in [4.69, 9.17) is 6.58 Å². The van der Waals surface area contributed by atoms with E-state index in [1.165, 1.54) is 7.11 Å². The molecule has 0 heterocycles. The highest BCUT2D eigenvalue weighted by Crippen LogP contribution is 1.83. The summed E-state index contributed by atoms with van der Waals surface area (Å²) in [6.45, 7) is 5.08. The molecular formula is C6H10NO. The van der Waals surface area contributed by atoms with Gasteiger partial charge in [0.05, 0.1) is 0 Å². The summed E-state index contributed by atoms with van der Waals surface area (Å²) in [5, 5.41) is 3.51. The molecule has 0 atom stereocenters. The van der Waals surface area contributed by atoms with Gasteiger partial charge in [-0.2, -0.15) is 0 Å². The molecular weight excluding hydrogens is 102 g/mol. The lowest BCUT2D eigenvalue weighted by Gasteiger charge is -1.83. The van der Waals surface area contributed by atoms with Crippen molar-refractivity contribution in [2.75, 3.05) is 7.11 Å². The first kappa shape index (κ1) is 7.21. The van der Waals surface area contributed by atoms with Crippen LogP contribution in [0.5, 0.6) is 0 Å². The predicted molar refractivity (Wildman–Crippen MR) is 33.6 cm³/mol. The van der Waals surface area contributed by atoms with Gasteiger partial charge in [0.25, 0.3) is 0 Å². The van der Waals surface area contributed by atoms with Gasteiger partial charge in [-0.3, -0.25) is 0 Å². The van der Waals surface area contributed by atoms with Crippen molar-refractivity contribution in [3.8, 4) is 0 Å². The van der Waals surface area contributed by atoms with Crippen LogP contribution in [-0.2, 0) is 4.84 Å². The fourth-order valence-corrected chi connectivity index (χ4v) is 0.298. The van der Waals surface area contributed by atoms with E-state index in [0.29, 0.717) is 0 Å². The van der Waals surface area contributed by atoms with Gasteiger partial charge in [0, 0.05) is 6.21 Å². The summed E-state index contributed by atoms with van der Waals surface area (Å²) in [7, 11) is 1.52. The van der Waals surface area contributed by atoms with E-state index in [-0.39, 0.29) is 0 Å². The molecule has 0 aromatic carbocycles. The molecule has 2 nitrogen and oxygen atoms in total. The van der Waals surface area contributed by atoms with E-state index in [2.05, 4.69) is 9.99 Å². The summed E-state index contributed by atoms with van der Waals surface area (Å²) in [6, 6.07) is 0. The van der Waals surface area contributed by atoms with E-state index in [1.54, 1.807) is 12.3 Å². The third-order valence-electron chi connectivity index (χ3n) is 0.642. The largest absolute Gasteiger partial charge is 0.399 e. The van der Waals surface area contributed by atoms with E-state index in [0.717, 1.165) is 12.8 Å². The van der Waals surface area contributed by atoms with E-state index >= 15 is 0 Å². The minimum Gasteiger partial charge on any atom is -0.399 e. The van der Waals surface area contributed by atoms with Crippen LogP contribution < -0.4 is 0 Å². The summed E-state index contributed by atoms with van der Waals surface area (Å²) in [5.74, 6) is 0. The van der Waals surface area contributed by atoms with Crippen molar-refractivity contribution in [1.29, 1.82) is 0 Å². The van der Waals surface area contributed by atoms with Gasteiger partial charge in [-0.05, 0) is 12.8 Å². The third kappa shape index (κ3) is 5.21. The van der Waals surface area contributed by atoms with Crippen molar-refractivity contribution < 1.29 is 4.84 Å². The molecule has 0 saturated carbocycles. The molecule has 1 radical (unpaired) electrons. The molecule has 0 bridgehead atoms. The summed E-state index contributed by atoms with van der Waals surface area (Å²) in [5.41, 5.74) is 0.